The first-order valence-electron chi connectivity index (χ1n) is 36.0. The Balaban J connectivity index is 1.52. The van der Waals surface area contributed by atoms with Crippen LogP contribution in [0.5, 0.6) is 5.75 Å². The molecule has 25 nitrogen and oxygen atoms in total. The molecule has 9 amide bonds. The Labute approximate surface area is 630 Å². The summed E-state index contributed by atoms with van der Waals surface area (Å²) in [7, 11) is 1.94. The number of nitrogens with one attached hydrogen (secondary N) is 7. The zero-order valence-electron chi connectivity index (χ0n) is 63.5. The average Bonchev–Trinajstić information content (AvgIpc) is 1.17. The minimum Gasteiger partial charge on any atom is -0.508 e. The molecule has 27 heteroatoms. The zero-order chi connectivity index (χ0) is 78.4. The zero-order valence-corrected chi connectivity index (χ0v) is 65.1. The Hall–Kier alpha value is -8.79. The number of benzene rings is 4. The van der Waals surface area contributed by atoms with Crippen LogP contribution in [0, 0.1) is 17.3 Å². The molecule has 1 aliphatic heterocycles. The summed E-state index contributed by atoms with van der Waals surface area (Å²) in [5.41, 5.74) is 6.56. The highest BCUT2D eigenvalue weighted by Gasteiger charge is 2.42. The number of primary amides is 1. The molecule has 0 unspecified atom stereocenters. The predicted octanol–water partition coefficient (Wildman–Crippen LogP) is 8.28. The van der Waals surface area contributed by atoms with Crippen molar-refractivity contribution < 1.29 is 77.2 Å². The minimum atomic E-state index is -1.84. The lowest BCUT2D eigenvalue weighted by Crippen LogP contribution is -2.62. The van der Waals surface area contributed by atoms with E-state index in [-0.39, 0.29) is 68.9 Å². The van der Waals surface area contributed by atoms with Gasteiger partial charge in [0.15, 0.2) is 11.6 Å². The van der Waals surface area contributed by atoms with E-state index in [9.17, 15) is 29.4 Å². The number of carbonyl (C=O) groups is 11. The van der Waals surface area contributed by atoms with E-state index in [1.165, 1.54) is 24.0 Å². The van der Waals surface area contributed by atoms with Gasteiger partial charge in [0.25, 0.3) is 0 Å². The highest BCUT2D eigenvalue weighted by atomic mass is 33.1. The molecule has 1 aliphatic carbocycles. The molecule has 1 fully saturated rings. The Morgan fingerprint density at radius 1 is 0.660 bits per heavy atom. The number of aromatic hydroxyl groups is 1. The third-order valence-corrected chi connectivity index (χ3v) is 20.0. The van der Waals surface area contributed by atoms with Crippen LogP contribution in [-0.2, 0) is 83.2 Å². The fourth-order valence-electron chi connectivity index (χ4n) is 12.2. The van der Waals surface area contributed by atoms with E-state index in [1.54, 1.807) is 163 Å². The van der Waals surface area contributed by atoms with Gasteiger partial charge in [-0.25, -0.2) is 9.59 Å². The van der Waals surface area contributed by atoms with Crippen LogP contribution in [0.15, 0.2) is 115 Å². The molecule has 106 heavy (non-hydrogen) atoms. The van der Waals surface area contributed by atoms with Crippen molar-refractivity contribution in [2.45, 2.75) is 233 Å². The maximum absolute atomic E-state index is 15.8. The second kappa shape index (κ2) is 39.2. The van der Waals surface area contributed by atoms with Crippen LogP contribution in [0.3, 0.4) is 0 Å². The molecule has 1 heterocycles. The number of alkyl carbamates (subject to hydrolysis) is 1. The van der Waals surface area contributed by atoms with E-state index in [4.69, 9.17) is 19.9 Å². The van der Waals surface area contributed by atoms with E-state index in [0.717, 1.165) is 32.7 Å². The number of ether oxygens (including phenoxy) is 3. The summed E-state index contributed by atoms with van der Waals surface area (Å²) in [6.07, 6.45) is -2.97. The number of amides is 9. The molecule has 11 N–H and O–H groups in total. The van der Waals surface area contributed by atoms with Gasteiger partial charge in [0.2, 0.25) is 41.4 Å². The third-order valence-electron chi connectivity index (χ3n) is 17.6. The van der Waals surface area contributed by atoms with Gasteiger partial charge in [-0.3, -0.25) is 48.1 Å². The van der Waals surface area contributed by atoms with Crippen molar-refractivity contribution in [3.63, 3.8) is 0 Å². The number of nitrogens with zero attached hydrogens (tertiary/aromatic N) is 1. The Bertz CT molecular complexity index is 3720. The quantitative estimate of drug-likeness (QED) is 0.0220. The summed E-state index contributed by atoms with van der Waals surface area (Å²) >= 11 is 0. The van der Waals surface area contributed by atoms with Gasteiger partial charge in [-0.2, -0.15) is 0 Å². The summed E-state index contributed by atoms with van der Waals surface area (Å²) in [5.74, 6) is -10.6. The Morgan fingerprint density at radius 3 is 1.86 bits per heavy atom. The number of hydrogen-bond acceptors (Lipinski definition) is 18. The molecule has 0 saturated carbocycles. The van der Waals surface area contributed by atoms with Gasteiger partial charge in [0.1, 0.15) is 53.2 Å². The number of rotatable bonds is 25. The number of aliphatic hydroxyl groups excluding tert-OH is 1. The molecule has 0 bridgehead atoms. The summed E-state index contributed by atoms with van der Waals surface area (Å²) in [5, 5.41) is 41.4. The standard InChI is InChI=1S/C79H109N9O16S2/c1-47(89)65-73(99)85-61(71(97)87-66(48(2)102-77(6,7)8)64(92)43-57(67(80)93)76(3,4)5)46-106-105-45-60(84-72(98)62(40-49-25-17-15-18-26-49)88(75(101)104-79(12,13)14)44-51-27-19-16-20-28-51)63(91)42-54(39-50-32-36-55(90)37-33-50)68(94)83-59(41-53-35-34-52-29-21-22-30-56(52)53)70(96)82-58(69(95)86-65)31-23-24-38-81-74(100)103-78(9,10)11/h15-22,25-30,32-33,35-37,47-48,54,57-62,65-66,89-90H,23-24,31,34,38-46H2,1-14H3,(H2,80,93)(H,81,100)(H,82,96)(H,83,94)(H,84,98)(H,85,99)(H,86,95)(H,87,97)/t47-,48-,54-,57-,58+,59-,60+,61+,62-,65+,66+/m1/s1. The van der Waals surface area contributed by atoms with Gasteiger partial charge >= 0.3 is 12.2 Å². The maximum atomic E-state index is 15.8. The molecular weight excluding hydrogens is 1400 g/mol. The number of fused-ring (bicyclic) bond motifs is 1. The summed E-state index contributed by atoms with van der Waals surface area (Å²) in [6, 6.07) is 20.5. The number of aliphatic hydroxyl groups is 1. The summed E-state index contributed by atoms with van der Waals surface area (Å²) in [6.45, 7) is 23.4. The SMILES string of the molecule is C[C@@H](O)[C@@H]1NC(=O)[C@H](CCCCNC(=O)OC(C)(C)C)NC(=O)[C@@H](CC2=CCc3ccccc32)NC(=O)[C@H](Cc2ccc(O)cc2)CC(=O)[C@@H](NC(=O)[C@@H](Cc2ccccc2)N(Cc2ccccc2)C(=O)OC(C)(C)C)CSSC[C@@H](C(=O)N[C@H](C(=O)C[C@H](C(N)=O)C(C)(C)C)[C@@H](C)OC(C)(C)C)NC1=O. The monoisotopic (exact) mass is 1500 g/mol. The van der Waals surface area contributed by atoms with Crippen molar-refractivity contribution in [1.29, 1.82) is 0 Å². The lowest BCUT2D eigenvalue weighted by Gasteiger charge is -2.34. The van der Waals surface area contributed by atoms with Crippen LogP contribution >= 0.6 is 21.6 Å². The largest absolute Gasteiger partial charge is 0.508 e. The van der Waals surface area contributed by atoms with Crippen LogP contribution in [0.25, 0.3) is 5.57 Å². The normalized spacial score (nSPS) is 20.4. The number of carbonyl (C=O) groups excluding carboxylic acids is 11. The molecule has 0 aromatic heterocycles. The molecule has 578 valence electrons. The second-order valence-corrected chi connectivity index (χ2v) is 33.8. The first-order chi connectivity index (χ1) is 49.6. The number of ketones is 2. The first-order valence-corrected chi connectivity index (χ1v) is 38.5. The molecule has 4 aromatic carbocycles. The highest BCUT2D eigenvalue weighted by Crippen LogP contribution is 2.33. The van der Waals surface area contributed by atoms with E-state index < -0.39 is 166 Å². The van der Waals surface area contributed by atoms with Crippen LogP contribution < -0.4 is 43.0 Å². The van der Waals surface area contributed by atoms with Crippen molar-refractivity contribution in [2.75, 3.05) is 18.1 Å². The Kier molecular flexibility index (Phi) is 31.8. The lowest BCUT2D eigenvalue weighted by atomic mass is 9.76. The number of allylic oxidation sites excluding steroid dienone is 1. The van der Waals surface area contributed by atoms with Crippen LogP contribution in [0.4, 0.5) is 9.59 Å². The van der Waals surface area contributed by atoms with E-state index in [2.05, 4.69) is 37.2 Å². The minimum absolute atomic E-state index is 0.0728. The lowest BCUT2D eigenvalue weighted by molar-refractivity contribution is -0.140. The topological polar surface area (TPSA) is 369 Å². The maximum Gasteiger partial charge on any atom is 0.411 e. The fourth-order valence-corrected chi connectivity index (χ4v) is 14.6. The van der Waals surface area contributed by atoms with Crippen LogP contribution in [0.1, 0.15) is 163 Å². The van der Waals surface area contributed by atoms with Gasteiger partial charge in [-0.05, 0) is 159 Å². The van der Waals surface area contributed by atoms with E-state index in [0.29, 0.717) is 28.7 Å². The van der Waals surface area contributed by atoms with Crippen molar-refractivity contribution in [1.82, 2.24) is 42.1 Å². The van der Waals surface area contributed by atoms with Crippen molar-refractivity contribution in [2.24, 2.45) is 23.0 Å². The number of phenolic OH excluding ortho intramolecular Hbond substituents is 1. The molecule has 0 radical (unpaired) electrons. The van der Waals surface area contributed by atoms with Gasteiger partial charge in [-0.15, -0.1) is 0 Å². The van der Waals surface area contributed by atoms with Crippen molar-refractivity contribution in [3.8, 4) is 5.75 Å². The molecule has 2 aliphatic rings. The van der Waals surface area contributed by atoms with Gasteiger partial charge < -0.3 is 67.4 Å². The number of unbranched alkanes of at least 4 members (excludes halogenated alkanes) is 1. The molecule has 4 aromatic rings. The number of nitrogens with two attached hydrogens (primary N) is 1. The summed E-state index contributed by atoms with van der Waals surface area (Å²) in [4.78, 5) is 164. The molecule has 1 saturated heterocycles. The van der Waals surface area contributed by atoms with E-state index in [1.807, 2.05) is 30.3 Å². The van der Waals surface area contributed by atoms with Gasteiger partial charge in [0, 0.05) is 62.1 Å². The molecular formula is C79H109N9O16S2. The predicted molar refractivity (Wildman–Crippen MR) is 408 cm³/mol. The number of Topliss-reactive ketones (excluding diaryl/α,β-unsaturated/α-hetero) is 2. The number of hydrogen-bond donors (Lipinski definition) is 10. The highest BCUT2D eigenvalue weighted by molar-refractivity contribution is 8.76. The molecule has 6 rings (SSSR count). The van der Waals surface area contributed by atoms with Crippen molar-refractivity contribution >= 4 is 92.3 Å². The molecule has 0 spiro atoms. The number of phenols is 1. The van der Waals surface area contributed by atoms with Crippen LogP contribution in [0.2, 0.25) is 0 Å². The van der Waals surface area contributed by atoms with E-state index >= 15 is 33.6 Å². The third kappa shape index (κ3) is 28.2. The second-order valence-electron chi connectivity index (χ2n) is 31.2. The van der Waals surface area contributed by atoms with Gasteiger partial charge in [-0.1, -0.05) is 145 Å². The average molecular weight is 1500 g/mol. The van der Waals surface area contributed by atoms with Crippen LogP contribution in [-0.4, -0.2) is 170 Å². The fraction of sp³-hybridized carbons (Fsp3) is 0.532. The first kappa shape index (κ1) is 86.1. The molecule has 11 atom stereocenters. The summed E-state index contributed by atoms with van der Waals surface area (Å²) < 4.78 is 17.7. The smallest absolute Gasteiger partial charge is 0.411 e. The van der Waals surface area contributed by atoms with Gasteiger partial charge in [0.05, 0.1) is 23.9 Å². The Morgan fingerprint density at radius 2 is 1.25 bits per heavy atom. The van der Waals surface area contributed by atoms with Crippen molar-refractivity contribution in [3.05, 3.63) is 143 Å².